The molecule has 0 heterocycles. The lowest BCUT2D eigenvalue weighted by atomic mass is 10.2. The summed E-state index contributed by atoms with van der Waals surface area (Å²) in [6, 6.07) is 5.99. The number of carbonyl (C=O) groups is 2. The van der Waals surface area contributed by atoms with Crippen molar-refractivity contribution in [3.8, 4) is 0 Å². The first-order valence-electron chi connectivity index (χ1n) is 5.94. The highest BCUT2D eigenvalue weighted by Crippen LogP contribution is 2.09. The number of aliphatic carboxylic acids is 1. The van der Waals surface area contributed by atoms with E-state index in [1.54, 1.807) is 12.1 Å². The van der Waals surface area contributed by atoms with Gasteiger partial charge in [-0.1, -0.05) is 12.1 Å². The molecule has 0 spiro atoms. The van der Waals surface area contributed by atoms with Gasteiger partial charge in [-0.05, 0) is 24.7 Å². The van der Waals surface area contributed by atoms with Crippen LogP contribution in [0, 0.1) is 0 Å². The Balaban J connectivity index is 2.46. The Morgan fingerprint density at radius 3 is 2.33 bits per heavy atom. The van der Waals surface area contributed by atoms with Crippen LogP contribution in [0.1, 0.15) is 5.56 Å². The minimum atomic E-state index is -3.48. The number of sulfonamides is 1. The number of carbonyl (C=O) groups excluding carboxylic acids is 1. The predicted octanol–water partition coefficient (Wildman–Crippen LogP) is -0.688. The molecular formula is C12H16N2O6S. The zero-order valence-electron chi connectivity index (χ0n) is 11.3. The van der Waals surface area contributed by atoms with Crippen LogP contribution in [-0.2, 0) is 30.9 Å². The molecule has 0 aromatic heterocycles. The smallest absolute Gasteiger partial charge is 0.329 e. The van der Waals surface area contributed by atoms with Gasteiger partial charge in [0.2, 0.25) is 15.9 Å². The van der Waals surface area contributed by atoms with Crippen LogP contribution >= 0.6 is 0 Å². The third kappa shape index (κ3) is 5.90. The second kappa shape index (κ2) is 7.72. The normalized spacial score (nSPS) is 11.1. The van der Waals surface area contributed by atoms with Gasteiger partial charge in [0.25, 0.3) is 0 Å². The van der Waals surface area contributed by atoms with Crippen LogP contribution < -0.4 is 10.0 Å². The van der Waals surface area contributed by atoms with Gasteiger partial charge in [-0.2, -0.15) is 0 Å². The average Bonchev–Trinajstić information content (AvgIpc) is 2.45. The fourth-order valence-corrected chi connectivity index (χ4v) is 2.12. The molecule has 8 nitrogen and oxygen atoms in total. The summed E-state index contributed by atoms with van der Waals surface area (Å²) in [6.45, 7) is -0.697. The minimum Gasteiger partial charge on any atom is -0.480 e. The Morgan fingerprint density at radius 2 is 1.81 bits per heavy atom. The molecule has 0 saturated carbocycles. The van der Waals surface area contributed by atoms with Gasteiger partial charge in [0.1, 0.15) is 13.2 Å². The lowest BCUT2D eigenvalue weighted by Crippen LogP contribution is -2.28. The number of ether oxygens (including phenoxy) is 1. The maximum absolute atomic E-state index is 11.5. The molecule has 1 aromatic carbocycles. The van der Waals surface area contributed by atoms with Crippen LogP contribution in [0.5, 0.6) is 0 Å². The zero-order chi connectivity index (χ0) is 15.9. The van der Waals surface area contributed by atoms with Crippen molar-refractivity contribution in [2.24, 2.45) is 0 Å². The number of carboxylic acid groups (broad SMARTS) is 1. The van der Waals surface area contributed by atoms with Crippen LogP contribution in [0.2, 0.25) is 0 Å². The molecular weight excluding hydrogens is 300 g/mol. The second-order valence-corrected chi connectivity index (χ2v) is 5.90. The maximum atomic E-state index is 11.5. The molecule has 0 radical (unpaired) electrons. The van der Waals surface area contributed by atoms with Crippen molar-refractivity contribution >= 4 is 21.9 Å². The largest absolute Gasteiger partial charge is 0.480 e. The van der Waals surface area contributed by atoms with E-state index in [0.29, 0.717) is 5.56 Å². The molecule has 0 aliphatic carbocycles. The molecule has 0 fully saturated rings. The highest BCUT2D eigenvalue weighted by Gasteiger charge is 2.10. The van der Waals surface area contributed by atoms with E-state index in [1.165, 1.54) is 19.2 Å². The second-order valence-electron chi connectivity index (χ2n) is 4.01. The van der Waals surface area contributed by atoms with E-state index >= 15 is 0 Å². The van der Waals surface area contributed by atoms with E-state index in [-0.39, 0.29) is 18.0 Å². The summed E-state index contributed by atoms with van der Waals surface area (Å²) < 4.78 is 29.8. The number of benzene rings is 1. The standard InChI is InChI=1S/C12H16N2O6S/c1-13-21(18,19)10-4-2-9(3-5-10)6-14-11(15)7-20-8-12(16)17/h2-5,13H,6-8H2,1H3,(H,14,15)(H,16,17). The number of hydrogen-bond donors (Lipinski definition) is 3. The van der Waals surface area contributed by atoms with Gasteiger partial charge in [0.15, 0.2) is 0 Å². The van der Waals surface area contributed by atoms with Crippen molar-refractivity contribution in [2.75, 3.05) is 20.3 Å². The Hall–Kier alpha value is -1.97. The highest BCUT2D eigenvalue weighted by atomic mass is 32.2. The van der Waals surface area contributed by atoms with Crippen molar-refractivity contribution < 1.29 is 27.9 Å². The number of amides is 1. The Kier molecular flexibility index (Phi) is 6.28. The first-order chi connectivity index (χ1) is 9.85. The summed E-state index contributed by atoms with van der Waals surface area (Å²) in [7, 11) is -2.16. The molecule has 116 valence electrons. The maximum Gasteiger partial charge on any atom is 0.329 e. The van der Waals surface area contributed by atoms with Gasteiger partial charge in [-0.3, -0.25) is 4.79 Å². The molecule has 1 rings (SSSR count). The lowest BCUT2D eigenvalue weighted by Gasteiger charge is -2.07. The van der Waals surface area contributed by atoms with Gasteiger partial charge in [0.05, 0.1) is 4.90 Å². The van der Waals surface area contributed by atoms with E-state index in [4.69, 9.17) is 5.11 Å². The summed E-state index contributed by atoms with van der Waals surface area (Å²) in [5, 5.41) is 10.9. The number of carboxylic acids is 1. The van der Waals surface area contributed by atoms with Crippen molar-refractivity contribution in [2.45, 2.75) is 11.4 Å². The zero-order valence-corrected chi connectivity index (χ0v) is 12.1. The molecule has 1 aromatic rings. The van der Waals surface area contributed by atoms with Gasteiger partial charge in [-0.15, -0.1) is 0 Å². The SMILES string of the molecule is CNS(=O)(=O)c1ccc(CNC(=O)COCC(=O)O)cc1. The predicted molar refractivity (Wildman–Crippen MR) is 73.0 cm³/mol. The molecule has 21 heavy (non-hydrogen) atoms. The van der Waals surface area contributed by atoms with Crippen LogP contribution in [0.3, 0.4) is 0 Å². The fraction of sp³-hybridized carbons (Fsp3) is 0.333. The van der Waals surface area contributed by atoms with E-state index in [0.717, 1.165) is 0 Å². The van der Waals surface area contributed by atoms with Gasteiger partial charge in [0, 0.05) is 6.54 Å². The third-order valence-corrected chi connectivity index (χ3v) is 3.88. The number of hydrogen-bond acceptors (Lipinski definition) is 5. The van der Waals surface area contributed by atoms with E-state index in [2.05, 4.69) is 14.8 Å². The summed E-state index contributed by atoms with van der Waals surface area (Å²) in [6.07, 6.45) is 0. The molecule has 0 saturated heterocycles. The molecule has 0 unspecified atom stereocenters. The molecule has 0 atom stereocenters. The highest BCUT2D eigenvalue weighted by molar-refractivity contribution is 7.89. The molecule has 9 heteroatoms. The topological polar surface area (TPSA) is 122 Å². The molecule has 0 bridgehead atoms. The molecule has 1 amide bonds. The van der Waals surface area contributed by atoms with Gasteiger partial charge < -0.3 is 15.2 Å². The Bertz CT molecular complexity index is 597. The Morgan fingerprint density at radius 1 is 1.19 bits per heavy atom. The first-order valence-corrected chi connectivity index (χ1v) is 7.42. The van der Waals surface area contributed by atoms with Gasteiger partial charge >= 0.3 is 5.97 Å². The van der Waals surface area contributed by atoms with E-state index in [1.807, 2.05) is 0 Å². The van der Waals surface area contributed by atoms with Crippen LogP contribution in [0.4, 0.5) is 0 Å². The molecule has 0 aliphatic rings. The first kappa shape index (κ1) is 17.1. The van der Waals surface area contributed by atoms with Crippen LogP contribution in [0.15, 0.2) is 29.2 Å². The van der Waals surface area contributed by atoms with E-state index < -0.39 is 28.5 Å². The number of rotatable bonds is 8. The fourth-order valence-electron chi connectivity index (χ4n) is 1.39. The quantitative estimate of drug-likeness (QED) is 0.584. The van der Waals surface area contributed by atoms with Gasteiger partial charge in [-0.25, -0.2) is 17.9 Å². The number of nitrogens with one attached hydrogen (secondary N) is 2. The third-order valence-electron chi connectivity index (χ3n) is 2.45. The Labute approximate surface area is 122 Å². The van der Waals surface area contributed by atoms with Crippen molar-refractivity contribution in [1.29, 1.82) is 0 Å². The van der Waals surface area contributed by atoms with Crippen LogP contribution in [0.25, 0.3) is 0 Å². The monoisotopic (exact) mass is 316 g/mol. The lowest BCUT2D eigenvalue weighted by molar-refractivity contribution is -0.143. The minimum absolute atomic E-state index is 0.130. The summed E-state index contributed by atoms with van der Waals surface area (Å²) in [4.78, 5) is 21.7. The summed E-state index contributed by atoms with van der Waals surface area (Å²) in [5.74, 6) is -1.60. The summed E-state index contributed by atoms with van der Waals surface area (Å²) >= 11 is 0. The van der Waals surface area contributed by atoms with E-state index in [9.17, 15) is 18.0 Å². The van der Waals surface area contributed by atoms with Crippen molar-refractivity contribution in [3.63, 3.8) is 0 Å². The van der Waals surface area contributed by atoms with Crippen molar-refractivity contribution in [3.05, 3.63) is 29.8 Å². The van der Waals surface area contributed by atoms with Crippen LogP contribution in [-0.4, -0.2) is 45.7 Å². The molecule has 3 N–H and O–H groups in total. The average molecular weight is 316 g/mol. The summed E-state index contributed by atoms with van der Waals surface area (Å²) in [5.41, 5.74) is 0.705. The molecule has 0 aliphatic heterocycles. The van der Waals surface area contributed by atoms with Crippen molar-refractivity contribution in [1.82, 2.24) is 10.0 Å².